The molecule has 1 aliphatic rings. The molecule has 0 spiro atoms. The van der Waals surface area contributed by atoms with Crippen LogP contribution in [0.5, 0.6) is 0 Å². The van der Waals surface area contributed by atoms with E-state index in [1.807, 2.05) is 6.07 Å². The Morgan fingerprint density at radius 1 is 1.10 bits per heavy atom. The third-order valence-corrected chi connectivity index (χ3v) is 4.30. The number of aryl methyl sites for hydroxylation is 1. The predicted octanol–water partition coefficient (Wildman–Crippen LogP) is 4.04. The van der Waals surface area contributed by atoms with Crippen LogP contribution in [-0.2, 0) is 0 Å². The molecule has 2 heterocycles. The van der Waals surface area contributed by atoms with E-state index in [1.54, 1.807) is 6.07 Å². The van der Waals surface area contributed by atoms with Gasteiger partial charge in [-0.25, -0.2) is 0 Å². The molecule has 0 N–H and O–H groups in total. The second-order valence-electron chi connectivity index (χ2n) is 5.39. The standard InChI is InChI=1S/C17H18ClN3/c1-12-4-3-5-15(13(12)2)14-8-10-21(11-9-14)17-7-6-16(18)19-20-17/h3-8H,9-11H2,1-2H3. The van der Waals surface area contributed by atoms with Crippen molar-refractivity contribution >= 4 is 23.0 Å². The van der Waals surface area contributed by atoms with Crippen LogP contribution in [0.1, 0.15) is 23.1 Å². The summed E-state index contributed by atoms with van der Waals surface area (Å²) in [7, 11) is 0. The van der Waals surface area contributed by atoms with Gasteiger partial charge >= 0.3 is 0 Å². The van der Waals surface area contributed by atoms with Gasteiger partial charge in [0, 0.05) is 13.1 Å². The zero-order chi connectivity index (χ0) is 14.8. The average molecular weight is 300 g/mol. The zero-order valence-corrected chi connectivity index (χ0v) is 13.1. The van der Waals surface area contributed by atoms with Crippen molar-refractivity contribution in [2.75, 3.05) is 18.0 Å². The summed E-state index contributed by atoms with van der Waals surface area (Å²) < 4.78 is 0. The lowest BCUT2D eigenvalue weighted by molar-refractivity contribution is 0.800. The number of anilines is 1. The maximum Gasteiger partial charge on any atom is 0.151 e. The van der Waals surface area contributed by atoms with E-state index in [9.17, 15) is 0 Å². The molecule has 4 heteroatoms. The smallest absolute Gasteiger partial charge is 0.151 e. The molecule has 108 valence electrons. The van der Waals surface area contributed by atoms with Crippen molar-refractivity contribution in [3.05, 3.63) is 58.3 Å². The fourth-order valence-corrected chi connectivity index (χ4v) is 2.80. The summed E-state index contributed by atoms with van der Waals surface area (Å²) in [6.45, 7) is 6.18. The van der Waals surface area contributed by atoms with E-state index in [4.69, 9.17) is 11.6 Å². The third-order valence-electron chi connectivity index (χ3n) is 4.10. The molecular weight excluding hydrogens is 282 g/mol. The van der Waals surface area contributed by atoms with Gasteiger partial charge in [0.15, 0.2) is 11.0 Å². The van der Waals surface area contributed by atoms with Crippen molar-refractivity contribution in [3.63, 3.8) is 0 Å². The maximum atomic E-state index is 5.78. The first-order valence-corrected chi connectivity index (χ1v) is 7.53. The molecule has 0 bridgehead atoms. The molecule has 2 aromatic rings. The SMILES string of the molecule is Cc1cccc(C2=CCN(c3ccc(Cl)nn3)CC2)c1C. The van der Waals surface area contributed by atoms with Crippen LogP contribution in [0.15, 0.2) is 36.4 Å². The van der Waals surface area contributed by atoms with E-state index < -0.39 is 0 Å². The number of halogens is 1. The van der Waals surface area contributed by atoms with Crippen molar-refractivity contribution in [2.24, 2.45) is 0 Å². The lowest BCUT2D eigenvalue weighted by atomic mass is 9.93. The van der Waals surface area contributed by atoms with Crippen LogP contribution < -0.4 is 4.90 Å². The Labute approximate surface area is 130 Å². The van der Waals surface area contributed by atoms with Gasteiger partial charge in [0.25, 0.3) is 0 Å². The second kappa shape index (κ2) is 5.86. The Hall–Kier alpha value is -1.87. The molecule has 1 aromatic carbocycles. The topological polar surface area (TPSA) is 29.0 Å². The Balaban J connectivity index is 1.80. The average Bonchev–Trinajstić information content (AvgIpc) is 2.51. The molecule has 3 nitrogen and oxygen atoms in total. The van der Waals surface area contributed by atoms with Crippen molar-refractivity contribution in [3.8, 4) is 0 Å². The highest BCUT2D eigenvalue weighted by molar-refractivity contribution is 6.29. The summed E-state index contributed by atoms with van der Waals surface area (Å²) in [6, 6.07) is 10.2. The van der Waals surface area contributed by atoms with Gasteiger partial charge in [-0.15, -0.1) is 10.2 Å². The molecule has 0 atom stereocenters. The van der Waals surface area contributed by atoms with Crippen molar-refractivity contribution in [2.45, 2.75) is 20.3 Å². The summed E-state index contributed by atoms with van der Waals surface area (Å²) in [4.78, 5) is 2.22. The number of aromatic nitrogens is 2. The quantitative estimate of drug-likeness (QED) is 0.838. The summed E-state index contributed by atoms with van der Waals surface area (Å²) in [6.07, 6.45) is 3.32. The second-order valence-corrected chi connectivity index (χ2v) is 5.77. The summed E-state index contributed by atoms with van der Waals surface area (Å²) >= 11 is 5.78. The van der Waals surface area contributed by atoms with Gasteiger partial charge in [-0.2, -0.15) is 0 Å². The highest BCUT2D eigenvalue weighted by Crippen LogP contribution is 2.28. The largest absolute Gasteiger partial charge is 0.351 e. The number of benzene rings is 1. The van der Waals surface area contributed by atoms with E-state index in [0.29, 0.717) is 5.15 Å². The monoisotopic (exact) mass is 299 g/mol. The van der Waals surface area contributed by atoms with E-state index in [-0.39, 0.29) is 0 Å². The van der Waals surface area contributed by atoms with E-state index in [0.717, 1.165) is 25.3 Å². The molecular formula is C17H18ClN3. The highest BCUT2D eigenvalue weighted by Gasteiger charge is 2.16. The molecule has 0 aliphatic carbocycles. The molecule has 0 amide bonds. The molecule has 0 unspecified atom stereocenters. The molecule has 0 radical (unpaired) electrons. The van der Waals surface area contributed by atoms with Crippen LogP contribution in [-0.4, -0.2) is 23.3 Å². The highest BCUT2D eigenvalue weighted by atomic mass is 35.5. The lowest BCUT2D eigenvalue weighted by Gasteiger charge is -2.27. The summed E-state index contributed by atoms with van der Waals surface area (Å²) in [5.74, 6) is 0.885. The Kier molecular flexibility index (Phi) is 3.93. The molecule has 0 fully saturated rings. The minimum absolute atomic E-state index is 0.433. The Morgan fingerprint density at radius 2 is 1.95 bits per heavy atom. The van der Waals surface area contributed by atoms with Gasteiger partial charge in [-0.1, -0.05) is 35.9 Å². The minimum Gasteiger partial charge on any atom is -0.351 e. The van der Waals surface area contributed by atoms with Crippen LogP contribution in [0.25, 0.3) is 5.57 Å². The molecule has 1 aliphatic heterocycles. The Morgan fingerprint density at radius 3 is 2.62 bits per heavy atom. The molecule has 0 saturated heterocycles. The lowest BCUT2D eigenvalue weighted by Crippen LogP contribution is -2.29. The van der Waals surface area contributed by atoms with Gasteiger partial charge < -0.3 is 4.90 Å². The normalized spacial score (nSPS) is 15.0. The third kappa shape index (κ3) is 2.93. The zero-order valence-electron chi connectivity index (χ0n) is 12.3. The number of nitrogens with zero attached hydrogens (tertiary/aromatic N) is 3. The fraction of sp³-hybridized carbons (Fsp3) is 0.294. The minimum atomic E-state index is 0.433. The molecule has 21 heavy (non-hydrogen) atoms. The Bertz CT molecular complexity index is 677. The first-order valence-electron chi connectivity index (χ1n) is 7.15. The molecule has 1 aromatic heterocycles. The van der Waals surface area contributed by atoms with Gasteiger partial charge in [0.05, 0.1) is 0 Å². The number of hydrogen-bond acceptors (Lipinski definition) is 3. The van der Waals surface area contributed by atoms with Gasteiger partial charge in [0.1, 0.15) is 0 Å². The summed E-state index contributed by atoms with van der Waals surface area (Å²) in [5, 5.41) is 8.49. The predicted molar refractivity (Wildman–Crippen MR) is 87.8 cm³/mol. The van der Waals surface area contributed by atoms with Crippen LogP contribution >= 0.6 is 11.6 Å². The first-order chi connectivity index (χ1) is 10.1. The molecule has 3 rings (SSSR count). The van der Waals surface area contributed by atoms with Crippen LogP contribution in [0, 0.1) is 13.8 Å². The van der Waals surface area contributed by atoms with Crippen molar-refractivity contribution in [1.82, 2.24) is 10.2 Å². The molecule has 0 saturated carbocycles. The van der Waals surface area contributed by atoms with Crippen molar-refractivity contribution in [1.29, 1.82) is 0 Å². The maximum absolute atomic E-state index is 5.78. The summed E-state index contributed by atoms with van der Waals surface area (Å²) in [5.41, 5.74) is 5.52. The van der Waals surface area contributed by atoms with Gasteiger partial charge in [-0.05, 0) is 54.7 Å². The van der Waals surface area contributed by atoms with Crippen LogP contribution in [0.4, 0.5) is 5.82 Å². The van der Waals surface area contributed by atoms with Crippen LogP contribution in [0.3, 0.4) is 0 Å². The number of hydrogen-bond donors (Lipinski definition) is 0. The van der Waals surface area contributed by atoms with E-state index in [2.05, 4.69) is 53.2 Å². The van der Waals surface area contributed by atoms with Crippen molar-refractivity contribution < 1.29 is 0 Å². The van der Waals surface area contributed by atoms with E-state index in [1.165, 1.54) is 22.3 Å². The fourth-order valence-electron chi connectivity index (χ4n) is 2.70. The number of rotatable bonds is 2. The van der Waals surface area contributed by atoms with Gasteiger partial charge in [-0.3, -0.25) is 0 Å². The first kappa shape index (κ1) is 14.1. The van der Waals surface area contributed by atoms with Crippen LogP contribution in [0.2, 0.25) is 5.15 Å². The van der Waals surface area contributed by atoms with Gasteiger partial charge in [0.2, 0.25) is 0 Å². The van der Waals surface area contributed by atoms with E-state index >= 15 is 0 Å².